The van der Waals surface area contributed by atoms with Crippen molar-refractivity contribution >= 4 is 0 Å². The lowest BCUT2D eigenvalue weighted by molar-refractivity contribution is 0.321. The molecule has 0 radical (unpaired) electrons. The van der Waals surface area contributed by atoms with Gasteiger partial charge < -0.3 is 10.1 Å². The van der Waals surface area contributed by atoms with E-state index in [0.717, 1.165) is 17.7 Å². The molecule has 1 atom stereocenters. The van der Waals surface area contributed by atoms with Crippen LogP contribution in [-0.4, -0.2) is 13.7 Å². The second kappa shape index (κ2) is 6.33. The molecule has 0 amide bonds. The number of ether oxygens (including phenoxy) is 1. The van der Waals surface area contributed by atoms with Gasteiger partial charge in [-0.15, -0.1) is 6.58 Å². The average molecular weight is 219 g/mol. The van der Waals surface area contributed by atoms with E-state index in [2.05, 4.69) is 31.0 Å². The maximum atomic E-state index is 5.60. The first-order chi connectivity index (χ1) is 7.63. The van der Waals surface area contributed by atoms with Crippen molar-refractivity contribution in [2.75, 3.05) is 13.7 Å². The van der Waals surface area contributed by atoms with Crippen LogP contribution in [0, 0.1) is 0 Å². The molecule has 0 aliphatic rings. The molecule has 2 heteroatoms. The summed E-state index contributed by atoms with van der Waals surface area (Å²) < 4.78 is 5.60. The van der Waals surface area contributed by atoms with Crippen molar-refractivity contribution in [1.82, 2.24) is 5.32 Å². The zero-order valence-corrected chi connectivity index (χ0v) is 10.4. The van der Waals surface area contributed by atoms with Gasteiger partial charge in [-0.3, -0.25) is 0 Å². The summed E-state index contributed by atoms with van der Waals surface area (Å²) in [6.45, 7) is 8.70. The van der Waals surface area contributed by atoms with E-state index in [9.17, 15) is 0 Å². The standard InChI is InChI=1S/C14H21NO/c1-11(2)9-10-16-14-7-5-13(6-8-14)12(3)15-4/h5-8,12,15H,1,9-10H2,2-4H3. The van der Waals surface area contributed by atoms with E-state index >= 15 is 0 Å². The minimum absolute atomic E-state index is 0.379. The zero-order valence-electron chi connectivity index (χ0n) is 10.4. The van der Waals surface area contributed by atoms with Gasteiger partial charge in [-0.25, -0.2) is 0 Å². The van der Waals surface area contributed by atoms with E-state index in [4.69, 9.17) is 4.74 Å². The van der Waals surface area contributed by atoms with E-state index in [1.54, 1.807) is 0 Å². The molecular formula is C14H21NO. The normalized spacial score (nSPS) is 12.2. The molecular weight excluding hydrogens is 198 g/mol. The third-order valence-electron chi connectivity index (χ3n) is 2.61. The van der Waals surface area contributed by atoms with Gasteiger partial charge in [-0.1, -0.05) is 17.7 Å². The Morgan fingerprint density at radius 3 is 2.50 bits per heavy atom. The molecule has 1 aromatic carbocycles. The van der Waals surface area contributed by atoms with Gasteiger partial charge in [0.25, 0.3) is 0 Å². The summed E-state index contributed by atoms with van der Waals surface area (Å²) in [4.78, 5) is 0. The van der Waals surface area contributed by atoms with Crippen molar-refractivity contribution in [3.63, 3.8) is 0 Å². The lowest BCUT2D eigenvalue weighted by Crippen LogP contribution is -2.11. The lowest BCUT2D eigenvalue weighted by Gasteiger charge is -2.11. The maximum Gasteiger partial charge on any atom is 0.119 e. The van der Waals surface area contributed by atoms with Crippen molar-refractivity contribution in [1.29, 1.82) is 0 Å². The molecule has 0 aliphatic carbocycles. The Morgan fingerprint density at radius 2 is 2.00 bits per heavy atom. The topological polar surface area (TPSA) is 21.3 Å². The first-order valence-corrected chi connectivity index (χ1v) is 5.68. The average Bonchev–Trinajstić information content (AvgIpc) is 2.28. The van der Waals surface area contributed by atoms with Crippen molar-refractivity contribution in [2.24, 2.45) is 0 Å². The molecule has 0 saturated heterocycles. The quantitative estimate of drug-likeness (QED) is 0.741. The zero-order chi connectivity index (χ0) is 12.0. The Bertz CT molecular complexity index is 329. The highest BCUT2D eigenvalue weighted by atomic mass is 16.5. The van der Waals surface area contributed by atoms with Crippen molar-refractivity contribution in [3.05, 3.63) is 42.0 Å². The Kier molecular flexibility index (Phi) is 5.06. The van der Waals surface area contributed by atoms with Crippen LogP contribution < -0.4 is 10.1 Å². The van der Waals surface area contributed by atoms with Crippen LogP contribution in [0.1, 0.15) is 31.9 Å². The van der Waals surface area contributed by atoms with Gasteiger partial charge in [0.2, 0.25) is 0 Å². The number of nitrogens with one attached hydrogen (secondary N) is 1. The molecule has 2 nitrogen and oxygen atoms in total. The Balaban J connectivity index is 2.48. The van der Waals surface area contributed by atoms with Gasteiger partial charge in [-0.05, 0) is 38.6 Å². The fourth-order valence-electron chi connectivity index (χ4n) is 1.36. The van der Waals surface area contributed by atoms with E-state index in [1.165, 1.54) is 5.56 Å². The number of hydrogen-bond donors (Lipinski definition) is 1. The maximum absolute atomic E-state index is 5.60. The van der Waals surface area contributed by atoms with Gasteiger partial charge >= 0.3 is 0 Å². The molecule has 1 unspecified atom stereocenters. The van der Waals surface area contributed by atoms with Crippen molar-refractivity contribution < 1.29 is 4.74 Å². The third kappa shape index (κ3) is 4.07. The Labute approximate surface area is 98.3 Å². The second-order valence-electron chi connectivity index (χ2n) is 4.13. The summed E-state index contributed by atoms with van der Waals surface area (Å²) in [5.41, 5.74) is 2.43. The number of benzene rings is 1. The minimum Gasteiger partial charge on any atom is -0.493 e. The molecule has 0 bridgehead atoms. The molecule has 0 aliphatic heterocycles. The monoisotopic (exact) mass is 219 g/mol. The molecule has 0 fully saturated rings. The molecule has 88 valence electrons. The summed E-state index contributed by atoms with van der Waals surface area (Å²) >= 11 is 0. The smallest absolute Gasteiger partial charge is 0.119 e. The molecule has 1 N–H and O–H groups in total. The van der Waals surface area contributed by atoms with Crippen LogP contribution in [0.3, 0.4) is 0 Å². The summed E-state index contributed by atoms with van der Waals surface area (Å²) in [5.74, 6) is 0.924. The van der Waals surface area contributed by atoms with Gasteiger partial charge in [0.1, 0.15) is 5.75 Å². The van der Waals surface area contributed by atoms with Crippen LogP contribution >= 0.6 is 0 Å². The van der Waals surface area contributed by atoms with Crippen LogP contribution in [0.25, 0.3) is 0 Å². The molecule has 0 spiro atoms. The lowest BCUT2D eigenvalue weighted by atomic mass is 10.1. The molecule has 0 aromatic heterocycles. The van der Waals surface area contributed by atoms with Crippen molar-refractivity contribution in [2.45, 2.75) is 26.3 Å². The highest BCUT2D eigenvalue weighted by Gasteiger charge is 2.01. The van der Waals surface area contributed by atoms with Crippen LogP contribution in [0.2, 0.25) is 0 Å². The highest BCUT2D eigenvalue weighted by molar-refractivity contribution is 5.28. The molecule has 16 heavy (non-hydrogen) atoms. The molecule has 0 heterocycles. The summed E-state index contributed by atoms with van der Waals surface area (Å²) in [7, 11) is 1.96. The van der Waals surface area contributed by atoms with Gasteiger partial charge in [0.05, 0.1) is 6.61 Å². The predicted molar refractivity (Wildman–Crippen MR) is 68.8 cm³/mol. The minimum atomic E-state index is 0.379. The molecule has 0 saturated carbocycles. The fraction of sp³-hybridized carbons (Fsp3) is 0.429. The van der Waals surface area contributed by atoms with Crippen LogP contribution in [0.5, 0.6) is 5.75 Å². The van der Waals surface area contributed by atoms with E-state index in [0.29, 0.717) is 12.6 Å². The van der Waals surface area contributed by atoms with E-state index in [-0.39, 0.29) is 0 Å². The largest absolute Gasteiger partial charge is 0.493 e. The van der Waals surface area contributed by atoms with Gasteiger partial charge in [0, 0.05) is 12.5 Å². The summed E-state index contributed by atoms with van der Waals surface area (Å²) in [5, 5.41) is 3.21. The Hall–Kier alpha value is -1.28. The first-order valence-electron chi connectivity index (χ1n) is 5.68. The Morgan fingerprint density at radius 1 is 1.38 bits per heavy atom. The second-order valence-corrected chi connectivity index (χ2v) is 4.13. The SMILES string of the molecule is C=C(C)CCOc1ccc(C(C)NC)cc1. The number of rotatable bonds is 6. The molecule has 1 aromatic rings. The van der Waals surface area contributed by atoms with E-state index < -0.39 is 0 Å². The summed E-state index contributed by atoms with van der Waals surface area (Å²) in [6, 6.07) is 8.60. The molecule has 1 rings (SSSR count). The summed E-state index contributed by atoms with van der Waals surface area (Å²) in [6.07, 6.45) is 0.911. The fourth-order valence-corrected chi connectivity index (χ4v) is 1.36. The van der Waals surface area contributed by atoms with Crippen LogP contribution in [0.15, 0.2) is 36.4 Å². The first kappa shape index (κ1) is 12.8. The van der Waals surface area contributed by atoms with Crippen molar-refractivity contribution in [3.8, 4) is 5.75 Å². The predicted octanol–water partition coefficient (Wildman–Crippen LogP) is 3.31. The number of hydrogen-bond acceptors (Lipinski definition) is 2. The van der Waals surface area contributed by atoms with E-state index in [1.807, 2.05) is 26.1 Å². The highest BCUT2D eigenvalue weighted by Crippen LogP contribution is 2.17. The van der Waals surface area contributed by atoms with Gasteiger partial charge in [0.15, 0.2) is 0 Å². The third-order valence-corrected chi connectivity index (χ3v) is 2.61. The van der Waals surface area contributed by atoms with Gasteiger partial charge in [-0.2, -0.15) is 0 Å². The van der Waals surface area contributed by atoms with Crippen LogP contribution in [-0.2, 0) is 0 Å². The van der Waals surface area contributed by atoms with Crippen LogP contribution in [0.4, 0.5) is 0 Å².